The van der Waals surface area contributed by atoms with E-state index in [9.17, 15) is 4.79 Å². The zero-order valence-electron chi connectivity index (χ0n) is 9.54. The Hall–Kier alpha value is -0.830. The molecule has 0 bridgehead atoms. The SMILES string of the molecule is Cc1cc(C(=O)N(C)C(C)C)ccc1Br. The topological polar surface area (TPSA) is 20.3 Å². The fourth-order valence-corrected chi connectivity index (χ4v) is 1.46. The molecule has 1 amide bonds. The smallest absolute Gasteiger partial charge is 0.253 e. The van der Waals surface area contributed by atoms with Gasteiger partial charge in [0.2, 0.25) is 0 Å². The minimum atomic E-state index is 0.0700. The number of carbonyl (C=O) groups is 1. The number of aryl methyl sites for hydroxylation is 1. The number of nitrogens with zero attached hydrogens (tertiary/aromatic N) is 1. The van der Waals surface area contributed by atoms with Gasteiger partial charge in [0.15, 0.2) is 0 Å². The van der Waals surface area contributed by atoms with Crippen molar-refractivity contribution in [1.82, 2.24) is 4.90 Å². The second kappa shape index (κ2) is 4.79. The molecule has 0 saturated heterocycles. The van der Waals surface area contributed by atoms with Gasteiger partial charge in [0, 0.05) is 23.1 Å². The first-order valence-electron chi connectivity index (χ1n) is 4.96. The van der Waals surface area contributed by atoms with Gasteiger partial charge >= 0.3 is 0 Å². The molecule has 0 unspecified atom stereocenters. The highest BCUT2D eigenvalue weighted by atomic mass is 79.9. The first-order valence-corrected chi connectivity index (χ1v) is 5.76. The first kappa shape index (κ1) is 12.2. The van der Waals surface area contributed by atoms with Crippen LogP contribution in [-0.4, -0.2) is 23.9 Å². The van der Waals surface area contributed by atoms with E-state index >= 15 is 0 Å². The van der Waals surface area contributed by atoms with Crippen molar-refractivity contribution in [3.05, 3.63) is 33.8 Å². The van der Waals surface area contributed by atoms with Crippen molar-refractivity contribution in [2.45, 2.75) is 26.8 Å². The van der Waals surface area contributed by atoms with Crippen molar-refractivity contribution in [3.63, 3.8) is 0 Å². The molecule has 1 aromatic carbocycles. The molecule has 0 aliphatic carbocycles. The Kier molecular flexibility index (Phi) is 3.91. The van der Waals surface area contributed by atoms with Crippen LogP contribution in [0.2, 0.25) is 0 Å². The van der Waals surface area contributed by atoms with E-state index in [4.69, 9.17) is 0 Å². The Morgan fingerprint density at radius 1 is 1.40 bits per heavy atom. The van der Waals surface area contributed by atoms with Crippen LogP contribution >= 0.6 is 15.9 Å². The predicted molar refractivity (Wildman–Crippen MR) is 66.1 cm³/mol. The number of hydrogen-bond acceptors (Lipinski definition) is 1. The molecule has 0 N–H and O–H groups in total. The van der Waals surface area contributed by atoms with Gasteiger partial charge in [-0.3, -0.25) is 4.79 Å². The largest absolute Gasteiger partial charge is 0.339 e. The van der Waals surface area contributed by atoms with Crippen LogP contribution in [0.5, 0.6) is 0 Å². The molecule has 1 rings (SSSR count). The van der Waals surface area contributed by atoms with Crippen LogP contribution < -0.4 is 0 Å². The van der Waals surface area contributed by atoms with Crippen LogP contribution in [0.1, 0.15) is 29.8 Å². The molecule has 0 saturated carbocycles. The Morgan fingerprint density at radius 3 is 2.47 bits per heavy atom. The van der Waals surface area contributed by atoms with Crippen LogP contribution in [0, 0.1) is 6.92 Å². The molecule has 2 nitrogen and oxygen atoms in total. The summed E-state index contributed by atoms with van der Waals surface area (Å²) < 4.78 is 1.03. The summed E-state index contributed by atoms with van der Waals surface area (Å²) in [6.45, 7) is 5.99. The van der Waals surface area contributed by atoms with Crippen molar-refractivity contribution in [2.24, 2.45) is 0 Å². The maximum absolute atomic E-state index is 12.0. The highest BCUT2D eigenvalue weighted by Crippen LogP contribution is 2.18. The lowest BCUT2D eigenvalue weighted by Crippen LogP contribution is -2.32. The van der Waals surface area contributed by atoms with Crippen LogP contribution in [-0.2, 0) is 0 Å². The molecular formula is C12H16BrNO. The van der Waals surface area contributed by atoms with Gasteiger partial charge in [0.05, 0.1) is 0 Å². The third-order valence-corrected chi connectivity index (χ3v) is 3.39. The molecule has 82 valence electrons. The summed E-state index contributed by atoms with van der Waals surface area (Å²) in [5.41, 5.74) is 1.82. The molecule has 0 aliphatic heterocycles. The second-order valence-corrected chi connectivity index (χ2v) is 4.83. The van der Waals surface area contributed by atoms with Gasteiger partial charge in [0.25, 0.3) is 5.91 Å². The Morgan fingerprint density at radius 2 is 2.00 bits per heavy atom. The summed E-state index contributed by atoms with van der Waals surface area (Å²) in [5, 5.41) is 0. The maximum atomic E-state index is 12.0. The fourth-order valence-electron chi connectivity index (χ4n) is 1.22. The van der Waals surface area contributed by atoms with Gasteiger partial charge in [-0.1, -0.05) is 15.9 Å². The zero-order valence-corrected chi connectivity index (χ0v) is 11.1. The fraction of sp³-hybridized carbons (Fsp3) is 0.417. The molecule has 0 fully saturated rings. The van der Waals surface area contributed by atoms with E-state index in [1.54, 1.807) is 4.90 Å². The number of carbonyl (C=O) groups excluding carboxylic acids is 1. The summed E-state index contributed by atoms with van der Waals surface area (Å²) in [6.07, 6.45) is 0. The van der Waals surface area contributed by atoms with E-state index in [1.807, 2.05) is 46.0 Å². The minimum absolute atomic E-state index is 0.0700. The van der Waals surface area contributed by atoms with E-state index in [0.717, 1.165) is 15.6 Å². The zero-order chi connectivity index (χ0) is 11.6. The Labute approximate surface area is 99.4 Å². The number of rotatable bonds is 2. The highest BCUT2D eigenvalue weighted by molar-refractivity contribution is 9.10. The summed E-state index contributed by atoms with van der Waals surface area (Å²) in [5.74, 6) is 0.0700. The van der Waals surface area contributed by atoms with Gasteiger partial charge in [-0.15, -0.1) is 0 Å². The number of amides is 1. The molecule has 0 radical (unpaired) electrons. The van der Waals surface area contributed by atoms with Gasteiger partial charge < -0.3 is 4.90 Å². The Balaban J connectivity index is 2.97. The predicted octanol–water partition coefficient (Wildman–Crippen LogP) is 3.24. The van der Waals surface area contributed by atoms with E-state index in [0.29, 0.717) is 0 Å². The summed E-state index contributed by atoms with van der Waals surface area (Å²) in [7, 11) is 1.82. The molecule has 3 heteroatoms. The van der Waals surface area contributed by atoms with Crippen molar-refractivity contribution in [1.29, 1.82) is 0 Å². The first-order chi connectivity index (χ1) is 6.93. The summed E-state index contributed by atoms with van der Waals surface area (Å²) >= 11 is 3.42. The molecule has 0 heterocycles. The quantitative estimate of drug-likeness (QED) is 0.807. The van der Waals surface area contributed by atoms with E-state index in [1.165, 1.54) is 0 Å². The van der Waals surface area contributed by atoms with E-state index < -0.39 is 0 Å². The Bertz CT molecular complexity index is 374. The third kappa shape index (κ3) is 2.81. The van der Waals surface area contributed by atoms with Crippen molar-refractivity contribution < 1.29 is 4.79 Å². The van der Waals surface area contributed by atoms with Crippen LogP contribution in [0.4, 0.5) is 0 Å². The van der Waals surface area contributed by atoms with Crippen LogP contribution in [0.15, 0.2) is 22.7 Å². The molecule has 0 atom stereocenters. The maximum Gasteiger partial charge on any atom is 0.253 e. The average molecular weight is 270 g/mol. The summed E-state index contributed by atoms with van der Waals surface area (Å²) in [4.78, 5) is 13.7. The molecule has 15 heavy (non-hydrogen) atoms. The normalized spacial score (nSPS) is 10.5. The third-order valence-electron chi connectivity index (χ3n) is 2.50. The van der Waals surface area contributed by atoms with Crippen molar-refractivity contribution in [2.75, 3.05) is 7.05 Å². The highest BCUT2D eigenvalue weighted by Gasteiger charge is 2.14. The molecule has 0 spiro atoms. The van der Waals surface area contributed by atoms with Crippen LogP contribution in [0.3, 0.4) is 0 Å². The number of halogens is 1. The lowest BCUT2D eigenvalue weighted by molar-refractivity contribution is 0.0755. The second-order valence-electron chi connectivity index (χ2n) is 3.97. The van der Waals surface area contributed by atoms with Crippen LogP contribution in [0.25, 0.3) is 0 Å². The molecule has 0 aliphatic rings. The van der Waals surface area contributed by atoms with Crippen molar-refractivity contribution in [3.8, 4) is 0 Å². The average Bonchev–Trinajstić information content (AvgIpc) is 2.19. The van der Waals surface area contributed by atoms with Gasteiger partial charge in [0.1, 0.15) is 0 Å². The van der Waals surface area contributed by atoms with E-state index in [2.05, 4.69) is 15.9 Å². The van der Waals surface area contributed by atoms with Gasteiger partial charge in [-0.2, -0.15) is 0 Å². The lowest BCUT2D eigenvalue weighted by Gasteiger charge is -2.21. The molecule has 0 aromatic heterocycles. The molecule has 1 aromatic rings. The van der Waals surface area contributed by atoms with Crippen molar-refractivity contribution >= 4 is 21.8 Å². The minimum Gasteiger partial charge on any atom is -0.339 e. The lowest BCUT2D eigenvalue weighted by atomic mass is 10.1. The monoisotopic (exact) mass is 269 g/mol. The summed E-state index contributed by atoms with van der Waals surface area (Å²) in [6, 6.07) is 5.89. The number of hydrogen-bond donors (Lipinski definition) is 0. The van der Waals surface area contributed by atoms with E-state index in [-0.39, 0.29) is 11.9 Å². The standard InChI is InChI=1S/C12H16BrNO/c1-8(2)14(4)12(15)10-5-6-11(13)9(3)7-10/h5-8H,1-4H3. The number of benzene rings is 1. The van der Waals surface area contributed by atoms with Gasteiger partial charge in [-0.25, -0.2) is 0 Å². The van der Waals surface area contributed by atoms with Gasteiger partial charge in [-0.05, 0) is 44.5 Å². The molecular weight excluding hydrogens is 254 g/mol.